The van der Waals surface area contributed by atoms with Crippen LogP contribution in [-0.2, 0) is 26.0 Å². The molecule has 1 aliphatic rings. The molecule has 6 heteroatoms. The van der Waals surface area contributed by atoms with Crippen LogP contribution in [0.1, 0.15) is 40.8 Å². The third-order valence-electron chi connectivity index (χ3n) is 7.50. The van der Waals surface area contributed by atoms with Gasteiger partial charge >= 0.3 is 5.69 Å². The van der Waals surface area contributed by atoms with E-state index in [1.165, 1.54) is 11.1 Å². The molecule has 4 aromatic rings. The predicted molar refractivity (Wildman–Crippen MR) is 148 cm³/mol. The number of nitrogens with zero attached hydrogens (tertiary/aromatic N) is 2. The number of hydrogen-bond acceptors (Lipinski definition) is 5. The lowest BCUT2D eigenvalue weighted by molar-refractivity contribution is -0.386. The smallest absolute Gasteiger partial charge is 0.311 e. The van der Waals surface area contributed by atoms with E-state index in [1.807, 2.05) is 54.6 Å². The molecule has 194 valence electrons. The molecule has 0 heterocycles. The fraction of sp³-hybridized carbons (Fsp3) is 0.250. The Morgan fingerprint density at radius 2 is 1.47 bits per heavy atom. The van der Waals surface area contributed by atoms with Crippen LogP contribution in [0.4, 0.5) is 5.69 Å². The average molecular weight is 509 g/mol. The standard InChI is InChI=1S/C32H32N2O4/c1-32(19-27-14-8-9-15-28(27)20-32)33(21-24-10-4-2-5-11-24)30(22-35)26-16-17-31(29(18-26)34(36)37)38-23-25-12-6-3-7-13-25/h2-18,30,35H,19-23H2,1H3/t30-/m0/s1. The molecule has 5 rings (SSSR count). The molecular weight excluding hydrogens is 476 g/mol. The number of hydrogen-bond donors (Lipinski definition) is 1. The summed E-state index contributed by atoms with van der Waals surface area (Å²) < 4.78 is 5.85. The molecule has 0 saturated carbocycles. The van der Waals surface area contributed by atoms with Crippen molar-refractivity contribution in [2.75, 3.05) is 6.61 Å². The molecule has 1 N–H and O–H groups in total. The zero-order valence-corrected chi connectivity index (χ0v) is 21.5. The molecule has 0 unspecified atom stereocenters. The fourth-order valence-corrected chi connectivity index (χ4v) is 5.57. The SMILES string of the molecule is CC1(N(Cc2ccccc2)[C@@H](CO)c2ccc(OCc3ccccc3)c([N+](=O)[O-])c2)Cc2ccccc2C1. The minimum absolute atomic E-state index is 0.101. The quantitative estimate of drug-likeness (QED) is 0.202. The summed E-state index contributed by atoms with van der Waals surface area (Å²) in [5.41, 5.74) is 4.99. The van der Waals surface area contributed by atoms with Crippen LogP contribution < -0.4 is 4.74 Å². The fourth-order valence-electron chi connectivity index (χ4n) is 5.57. The van der Waals surface area contributed by atoms with Crippen molar-refractivity contribution in [3.05, 3.63) is 141 Å². The molecule has 1 aliphatic carbocycles. The number of nitro benzene ring substituents is 1. The van der Waals surface area contributed by atoms with Crippen molar-refractivity contribution in [1.29, 1.82) is 0 Å². The van der Waals surface area contributed by atoms with Gasteiger partial charge in [-0.15, -0.1) is 0 Å². The van der Waals surface area contributed by atoms with Gasteiger partial charge in [0.2, 0.25) is 0 Å². The summed E-state index contributed by atoms with van der Waals surface area (Å²) in [4.78, 5) is 14.0. The van der Waals surface area contributed by atoms with Crippen molar-refractivity contribution >= 4 is 5.69 Å². The van der Waals surface area contributed by atoms with Gasteiger partial charge in [-0.2, -0.15) is 0 Å². The van der Waals surface area contributed by atoms with Crippen LogP contribution in [0.15, 0.2) is 103 Å². The van der Waals surface area contributed by atoms with E-state index >= 15 is 0 Å². The highest BCUT2D eigenvalue weighted by molar-refractivity contribution is 5.50. The number of fused-ring (bicyclic) bond motifs is 1. The Bertz CT molecular complexity index is 1370. The van der Waals surface area contributed by atoms with Crippen molar-refractivity contribution < 1.29 is 14.8 Å². The van der Waals surface area contributed by atoms with Crippen LogP contribution in [0.5, 0.6) is 5.75 Å². The van der Waals surface area contributed by atoms with Crippen molar-refractivity contribution in [2.24, 2.45) is 0 Å². The maximum Gasteiger partial charge on any atom is 0.311 e. The molecule has 0 saturated heterocycles. The second kappa shape index (κ2) is 11.2. The third-order valence-corrected chi connectivity index (χ3v) is 7.50. The van der Waals surface area contributed by atoms with Gasteiger partial charge in [0.1, 0.15) is 6.61 Å². The van der Waals surface area contributed by atoms with Crippen LogP contribution in [0.25, 0.3) is 0 Å². The van der Waals surface area contributed by atoms with E-state index in [9.17, 15) is 15.2 Å². The Balaban J connectivity index is 1.49. The van der Waals surface area contributed by atoms with Gasteiger partial charge in [-0.25, -0.2) is 0 Å². The first-order valence-corrected chi connectivity index (χ1v) is 12.9. The summed E-state index contributed by atoms with van der Waals surface area (Å²) >= 11 is 0. The molecule has 0 amide bonds. The molecule has 6 nitrogen and oxygen atoms in total. The number of benzene rings is 4. The lowest BCUT2D eigenvalue weighted by atomic mass is 9.90. The van der Waals surface area contributed by atoms with Crippen molar-refractivity contribution in [3.63, 3.8) is 0 Å². The van der Waals surface area contributed by atoms with E-state index in [0.717, 1.165) is 24.0 Å². The predicted octanol–water partition coefficient (Wildman–Crippen LogP) is 6.27. The highest BCUT2D eigenvalue weighted by Crippen LogP contribution is 2.41. The molecule has 0 aromatic heterocycles. The highest BCUT2D eigenvalue weighted by Gasteiger charge is 2.42. The minimum atomic E-state index is -0.434. The zero-order chi connectivity index (χ0) is 26.5. The monoisotopic (exact) mass is 508 g/mol. The number of aliphatic hydroxyl groups excluding tert-OH is 1. The van der Waals surface area contributed by atoms with E-state index in [2.05, 4.69) is 48.2 Å². The maximum absolute atomic E-state index is 12.1. The average Bonchev–Trinajstić information content (AvgIpc) is 3.30. The molecule has 38 heavy (non-hydrogen) atoms. The molecule has 0 bridgehead atoms. The Labute approximate surface area is 223 Å². The summed E-state index contributed by atoms with van der Waals surface area (Å²) in [6.07, 6.45) is 1.68. The van der Waals surface area contributed by atoms with Gasteiger partial charge in [-0.05, 0) is 53.6 Å². The Kier molecular flexibility index (Phi) is 7.54. The van der Waals surface area contributed by atoms with Gasteiger partial charge in [-0.1, -0.05) is 91.0 Å². The summed E-state index contributed by atoms with van der Waals surface area (Å²) in [6.45, 7) is 2.90. The van der Waals surface area contributed by atoms with Gasteiger partial charge in [0, 0.05) is 18.2 Å². The molecule has 1 atom stereocenters. The summed E-state index contributed by atoms with van der Waals surface area (Å²) in [5, 5.41) is 22.8. The summed E-state index contributed by atoms with van der Waals surface area (Å²) in [7, 11) is 0. The minimum Gasteiger partial charge on any atom is -0.482 e. The Morgan fingerprint density at radius 1 is 0.895 bits per heavy atom. The van der Waals surface area contributed by atoms with Crippen LogP contribution in [0.2, 0.25) is 0 Å². The second-order valence-corrected chi connectivity index (χ2v) is 10.2. The first-order chi connectivity index (χ1) is 18.5. The molecule has 4 aromatic carbocycles. The molecular formula is C32H32N2O4. The molecule has 0 fully saturated rings. The maximum atomic E-state index is 12.1. The molecule has 0 aliphatic heterocycles. The van der Waals surface area contributed by atoms with Gasteiger partial charge in [0.25, 0.3) is 0 Å². The van der Waals surface area contributed by atoms with Gasteiger partial charge in [0.05, 0.1) is 17.6 Å². The van der Waals surface area contributed by atoms with Crippen LogP contribution in [0.3, 0.4) is 0 Å². The van der Waals surface area contributed by atoms with Gasteiger partial charge in [-0.3, -0.25) is 15.0 Å². The molecule has 0 spiro atoms. The Morgan fingerprint density at radius 3 is 2.05 bits per heavy atom. The van der Waals surface area contributed by atoms with E-state index in [1.54, 1.807) is 12.1 Å². The van der Waals surface area contributed by atoms with E-state index in [0.29, 0.717) is 12.1 Å². The van der Waals surface area contributed by atoms with E-state index < -0.39 is 11.0 Å². The largest absolute Gasteiger partial charge is 0.482 e. The van der Waals surface area contributed by atoms with Gasteiger partial charge in [0.15, 0.2) is 5.75 Å². The summed E-state index contributed by atoms with van der Waals surface area (Å²) in [6, 6.07) is 32.8. The van der Waals surface area contributed by atoms with Gasteiger partial charge < -0.3 is 9.84 Å². The first-order valence-electron chi connectivity index (χ1n) is 12.9. The number of ether oxygens (including phenoxy) is 1. The lowest BCUT2D eigenvalue weighted by Gasteiger charge is -2.43. The first kappa shape index (κ1) is 25.6. The summed E-state index contributed by atoms with van der Waals surface area (Å²) in [5.74, 6) is 0.216. The van der Waals surface area contributed by atoms with Crippen LogP contribution in [0, 0.1) is 10.1 Å². The van der Waals surface area contributed by atoms with Crippen molar-refractivity contribution in [2.45, 2.75) is 44.5 Å². The molecule has 0 radical (unpaired) electrons. The van der Waals surface area contributed by atoms with Crippen LogP contribution >= 0.6 is 0 Å². The van der Waals surface area contributed by atoms with Crippen LogP contribution in [-0.4, -0.2) is 27.1 Å². The number of rotatable bonds is 10. The Hall–Kier alpha value is -4.00. The third kappa shape index (κ3) is 5.47. The topological polar surface area (TPSA) is 75.8 Å². The zero-order valence-electron chi connectivity index (χ0n) is 21.5. The van der Waals surface area contributed by atoms with Crippen molar-refractivity contribution in [1.82, 2.24) is 4.90 Å². The normalized spacial score (nSPS) is 14.7. The lowest BCUT2D eigenvalue weighted by Crippen LogP contribution is -2.49. The van der Waals surface area contributed by atoms with Crippen molar-refractivity contribution in [3.8, 4) is 5.75 Å². The van der Waals surface area contributed by atoms with E-state index in [4.69, 9.17) is 4.74 Å². The van der Waals surface area contributed by atoms with E-state index in [-0.39, 0.29) is 30.2 Å². The highest BCUT2D eigenvalue weighted by atomic mass is 16.6. The second-order valence-electron chi connectivity index (χ2n) is 10.2. The number of aliphatic hydroxyl groups is 1. The number of nitro groups is 1.